The minimum absolute atomic E-state index is 0.0899. The first kappa shape index (κ1) is 19.2. The third-order valence-corrected chi connectivity index (χ3v) is 4.34. The van der Waals surface area contributed by atoms with Crippen molar-refractivity contribution in [3.05, 3.63) is 72.4 Å². The summed E-state index contributed by atoms with van der Waals surface area (Å²) >= 11 is 0. The molecule has 4 aromatic rings. The van der Waals surface area contributed by atoms with Gasteiger partial charge in [0.15, 0.2) is 11.6 Å². The molecule has 8 nitrogen and oxygen atoms in total. The highest BCUT2D eigenvalue weighted by Gasteiger charge is 2.17. The Labute approximate surface area is 170 Å². The monoisotopic (exact) mass is 405 g/mol. The molecule has 0 saturated heterocycles. The molecule has 0 spiro atoms. The molecule has 0 unspecified atom stereocenters. The Bertz CT molecular complexity index is 1170. The molecule has 0 radical (unpaired) electrons. The summed E-state index contributed by atoms with van der Waals surface area (Å²) in [4.78, 5) is 29.0. The van der Waals surface area contributed by atoms with Crippen LogP contribution >= 0.6 is 0 Å². The first-order chi connectivity index (χ1) is 14.6. The molecule has 9 heteroatoms. The van der Waals surface area contributed by atoms with E-state index in [9.17, 15) is 9.18 Å². The lowest BCUT2D eigenvalue weighted by molar-refractivity contribution is 0.102. The van der Waals surface area contributed by atoms with E-state index in [-0.39, 0.29) is 11.4 Å². The maximum atomic E-state index is 13.9. The minimum Gasteiger partial charge on any atom is -0.481 e. The molecule has 0 atom stereocenters. The predicted octanol–water partition coefficient (Wildman–Crippen LogP) is 3.90. The van der Waals surface area contributed by atoms with E-state index in [4.69, 9.17) is 9.15 Å². The third-order valence-electron chi connectivity index (χ3n) is 4.34. The van der Waals surface area contributed by atoms with Crippen molar-refractivity contribution in [3.8, 4) is 28.5 Å². The van der Waals surface area contributed by atoms with E-state index in [2.05, 4.69) is 25.3 Å². The number of rotatable bonds is 5. The molecule has 1 amide bonds. The summed E-state index contributed by atoms with van der Waals surface area (Å²) < 4.78 is 24.7. The van der Waals surface area contributed by atoms with Crippen molar-refractivity contribution in [1.29, 1.82) is 0 Å². The Hall–Kier alpha value is -4.14. The second-order valence-corrected chi connectivity index (χ2v) is 6.31. The van der Waals surface area contributed by atoms with Crippen LogP contribution in [0.15, 0.2) is 59.9 Å². The van der Waals surface area contributed by atoms with E-state index in [0.29, 0.717) is 28.5 Å². The zero-order chi connectivity index (χ0) is 21.1. The van der Waals surface area contributed by atoms with E-state index >= 15 is 0 Å². The number of hydrogen-bond donors (Lipinski definition) is 1. The molecule has 0 saturated carbocycles. The molecule has 150 valence electrons. The van der Waals surface area contributed by atoms with Gasteiger partial charge in [-0.3, -0.25) is 14.8 Å². The SMILES string of the molecule is COc1ncc(-c2ccco2)cc1-c1cnc(NC(=O)c2c(C)cncc2F)cn1. The number of pyridine rings is 2. The van der Waals surface area contributed by atoms with Crippen molar-refractivity contribution < 1.29 is 18.3 Å². The molecular weight excluding hydrogens is 389 g/mol. The summed E-state index contributed by atoms with van der Waals surface area (Å²) in [5.41, 5.74) is 2.17. The zero-order valence-electron chi connectivity index (χ0n) is 16.1. The van der Waals surface area contributed by atoms with Crippen molar-refractivity contribution in [2.75, 3.05) is 12.4 Å². The van der Waals surface area contributed by atoms with Gasteiger partial charge in [0.1, 0.15) is 5.76 Å². The molecule has 0 fully saturated rings. The van der Waals surface area contributed by atoms with Crippen molar-refractivity contribution >= 4 is 11.7 Å². The second kappa shape index (κ2) is 8.08. The largest absolute Gasteiger partial charge is 0.481 e. The number of methoxy groups -OCH3 is 1. The molecular formula is C21H16FN5O3. The average Bonchev–Trinajstić information content (AvgIpc) is 3.29. The Morgan fingerprint density at radius 3 is 2.67 bits per heavy atom. The lowest BCUT2D eigenvalue weighted by atomic mass is 10.1. The molecule has 0 aromatic carbocycles. The van der Waals surface area contributed by atoms with Gasteiger partial charge in [-0.1, -0.05) is 0 Å². The summed E-state index contributed by atoms with van der Waals surface area (Å²) in [7, 11) is 1.51. The van der Waals surface area contributed by atoms with Crippen molar-refractivity contribution in [2.45, 2.75) is 6.92 Å². The number of hydrogen-bond acceptors (Lipinski definition) is 7. The Kier molecular flexibility index (Phi) is 5.17. The Balaban J connectivity index is 1.61. The number of amides is 1. The van der Waals surface area contributed by atoms with Crippen LogP contribution in [0.25, 0.3) is 22.6 Å². The highest BCUT2D eigenvalue weighted by atomic mass is 19.1. The summed E-state index contributed by atoms with van der Waals surface area (Å²) in [5.74, 6) is -0.145. The van der Waals surface area contributed by atoms with Crippen LogP contribution in [-0.4, -0.2) is 33.0 Å². The number of anilines is 1. The maximum Gasteiger partial charge on any atom is 0.260 e. The molecule has 0 aliphatic carbocycles. The molecule has 0 aliphatic heterocycles. The van der Waals surface area contributed by atoms with Gasteiger partial charge in [-0.15, -0.1) is 0 Å². The first-order valence-corrected chi connectivity index (χ1v) is 8.88. The average molecular weight is 405 g/mol. The fourth-order valence-electron chi connectivity index (χ4n) is 2.91. The van der Waals surface area contributed by atoms with Gasteiger partial charge in [-0.05, 0) is 30.7 Å². The zero-order valence-corrected chi connectivity index (χ0v) is 16.1. The van der Waals surface area contributed by atoms with Crippen molar-refractivity contribution in [2.24, 2.45) is 0 Å². The number of carbonyl (C=O) groups excluding carboxylic acids is 1. The van der Waals surface area contributed by atoms with Crippen LogP contribution in [0, 0.1) is 12.7 Å². The van der Waals surface area contributed by atoms with E-state index in [1.54, 1.807) is 25.5 Å². The molecule has 0 bridgehead atoms. The van der Waals surface area contributed by atoms with Gasteiger partial charge >= 0.3 is 0 Å². The molecule has 4 aromatic heterocycles. The quantitative estimate of drug-likeness (QED) is 0.537. The van der Waals surface area contributed by atoms with Gasteiger partial charge < -0.3 is 14.5 Å². The summed E-state index contributed by atoms with van der Waals surface area (Å²) in [5, 5.41) is 2.54. The molecule has 4 heterocycles. The van der Waals surface area contributed by atoms with Crippen LogP contribution in [0.4, 0.5) is 10.2 Å². The third kappa shape index (κ3) is 3.72. The van der Waals surface area contributed by atoms with Crippen LogP contribution in [0.1, 0.15) is 15.9 Å². The van der Waals surface area contributed by atoms with E-state index in [0.717, 1.165) is 11.8 Å². The van der Waals surface area contributed by atoms with Gasteiger partial charge in [-0.2, -0.15) is 0 Å². The minimum atomic E-state index is -0.706. The number of nitrogens with one attached hydrogen (secondary N) is 1. The standard InChI is InChI=1S/C21H16FN5O3/c1-12-7-23-9-15(22)19(12)20(28)27-18-11-24-16(10-25-18)14-6-13(8-26-21(14)29-2)17-4-3-5-30-17/h3-11H,1-2H3,(H,25,27,28). The maximum absolute atomic E-state index is 13.9. The molecule has 1 N–H and O–H groups in total. The lowest BCUT2D eigenvalue weighted by Crippen LogP contribution is -2.16. The summed E-state index contributed by atoms with van der Waals surface area (Å²) in [6.45, 7) is 1.60. The summed E-state index contributed by atoms with van der Waals surface area (Å²) in [6.07, 6.45) is 8.45. The van der Waals surface area contributed by atoms with Gasteiger partial charge in [0.05, 0.1) is 48.8 Å². The topological polar surface area (TPSA) is 103 Å². The molecule has 4 rings (SSSR count). The van der Waals surface area contributed by atoms with E-state index in [1.165, 1.54) is 25.7 Å². The van der Waals surface area contributed by atoms with E-state index < -0.39 is 11.7 Å². The number of aromatic nitrogens is 4. The Morgan fingerprint density at radius 1 is 1.13 bits per heavy atom. The number of nitrogens with zero attached hydrogens (tertiary/aromatic N) is 4. The highest BCUT2D eigenvalue weighted by Crippen LogP contribution is 2.31. The van der Waals surface area contributed by atoms with Crippen LogP contribution in [0.3, 0.4) is 0 Å². The normalized spacial score (nSPS) is 10.6. The van der Waals surface area contributed by atoms with Crippen molar-refractivity contribution in [1.82, 2.24) is 19.9 Å². The lowest BCUT2D eigenvalue weighted by Gasteiger charge is -2.10. The number of furan rings is 1. The van der Waals surface area contributed by atoms with Gasteiger partial charge in [0.2, 0.25) is 5.88 Å². The smallest absolute Gasteiger partial charge is 0.260 e. The highest BCUT2D eigenvalue weighted by molar-refractivity contribution is 6.04. The fourth-order valence-corrected chi connectivity index (χ4v) is 2.91. The fraction of sp³-hybridized carbons (Fsp3) is 0.0952. The van der Waals surface area contributed by atoms with Crippen LogP contribution < -0.4 is 10.1 Å². The van der Waals surface area contributed by atoms with Gasteiger partial charge in [0, 0.05) is 18.0 Å². The van der Waals surface area contributed by atoms with Crippen LogP contribution in [0.2, 0.25) is 0 Å². The molecule has 30 heavy (non-hydrogen) atoms. The predicted molar refractivity (Wildman–Crippen MR) is 106 cm³/mol. The van der Waals surface area contributed by atoms with Gasteiger partial charge in [-0.25, -0.2) is 14.4 Å². The van der Waals surface area contributed by atoms with Crippen molar-refractivity contribution in [3.63, 3.8) is 0 Å². The number of halogens is 1. The van der Waals surface area contributed by atoms with Crippen LogP contribution in [0.5, 0.6) is 5.88 Å². The first-order valence-electron chi connectivity index (χ1n) is 8.88. The van der Waals surface area contributed by atoms with Crippen LogP contribution in [-0.2, 0) is 0 Å². The van der Waals surface area contributed by atoms with E-state index in [1.807, 2.05) is 12.1 Å². The molecule has 0 aliphatic rings. The second-order valence-electron chi connectivity index (χ2n) is 6.31. The number of carbonyl (C=O) groups is 1. The number of aryl methyl sites for hydroxylation is 1. The Morgan fingerprint density at radius 2 is 2.00 bits per heavy atom. The van der Waals surface area contributed by atoms with Gasteiger partial charge in [0.25, 0.3) is 5.91 Å². The summed E-state index contributed by atoms with van der Waals surface area (Å²) in [6, 6.07) is 5.42. The number of ether oxygens (including phenoxy) is 1.